The largest absolute Gasteiger partial charge is 0.311 e. The smallest absolute Gasteiger partial charge is 0.141 e. The van der Waals surface area contributed by atoms with Gasteiger partial charge in [0.05, 0.1) is 6.54 Å². The summed E-state index contributed by atoms with van der Waals surface area (Å²) in [6.45, 7) is 13.0. The second-order valence-electron chi connectivity index (χ2n) is 5.91. The van der Waals surface area contributed by atoms with E-state index >= 15 is 0 Å². The minimum absolute atomic E-state index is 0.218. The number of piperazine rings is 1. The van der Waals surface area contributed by atoms with Gasteiger partial charge in [0.25, 0.3) is 0 Å². The Kier molecular flexibility index (Phi) is 4.58. The van der Waals surface area contributed by atoms with Crippen molar-refractivity contribution in [2.75, 3.05) is 13.1 Å². The van der Waals surface area contributed by atoms with Gasteiger partial charge in [-0.1, -0.05) is 13.8 Å². The molecule has 0 radical (unpaired) electrons. The number of aryl methyl sites for hydroxylation is 1. The van der Waals surface area contributed by atoms with E-state index in [0.29, 0.717) is 6.04 Å². The monoisotopic (exact) mass is 265 g/mol. The molecule has 1 aromatic rings. The van der Waals surface area contributed by atoms with Crippen LogP contribution in [0.15, 0.2) is 6.33 Å². The summed E-state index contributed by atoms with van der Waals surface area (Å²) in [5, 5.41) is 7.92. The van der Waals surface area contributed by atoms with Crippen molar-refractivity contribution in [3.8, 4) is 0 Å². The number of aromatic nitrogens is 3. The molecule has 0 aliphatic carbocycles. The molecule has 0 aromatic carbocycles. The zero-order chi connectivity index (χ0) is 13.9. The highest BCUT2D eigenvalue weighted by molar-refractivity contribution is 4.97. The number of hydrogen-bond acceptors (Lipinski definition) is 4. The van der Waals surface area contributed by atoms with Crippen LogP contribution in [-0.4, -0.2) is 44.3 Å². The van der Waals surface area contributed by atoms with Gasteiger partial charge < -0.3 is 5.32 Å². The van der Waals surface area contributed by atoms with Crippen molar-refractivity contribution in [2.24, 2.45) is 0 Å². The molecule has 5 nitrogen and oxygen atoms in total. The lowest BCUT2D eigenvalue weighted by molar-refractivity contribution is 0.0417. The molecule has 5 heteroatoms. The average Bonchev–Trinajstić information content (AvgIpc) is 2.82. The maximum absolute atomic E-state index is 4.44. The Hall–Kier alpha value is -0.940. The van der Waals surface area contributed by atoms with Crippen molar-refractivity contribution in [3.63, 3.8) is 0 Å². The van der Waals surface area contributed by atoms with Crippen LogP contribution in [0, 0.1) is 0 Å². The van der Waals surface area contributed by atoms with Crippen molar-refractivity contribution in [1.29, 1.82) is 0 Å². The first-order valence-corrected chi connectivity index (χ1v) is 7.44. The Morgan fingerprint density at radius 3 is 2.95 bits per heavy atom. The molecule has 108 valence electrons. The molecule has 19 heavy (non-hydrogen) atoms. The Bertz CT molecular complexity index is 402. The van der Waals surface area contributed by atoms with Gasteiger partial charge >= 0.3 is 0 Å². The van der Waals surface area contributed by atoms with E-state index in [0.717, 1.165) is 44.8 Å². The normalized spacial score (nSPS) is 28.7. The predicted octanol–water partition coefficient (Wildman–Crippen LogP) is 1.65. The Labute approximate surface area is 116 Å². The third kappa shape index (κ3) is 3.15. The first-order chi connectivity index (χ1) is 9.09. The summed E-state index contributed by atoms with van der Waals surface area (Å²) in [6, 6.07) is 0.544. The van der Waals surface area contributed by atoms with Crippen LogP contribution >= 0.6 is 0 Å². The second-order valence-corrected chi connectivity index (χ2v) is 5.91. The van der Waals surface area contributed by atoms with E-state index in [-0.39, 0.29) is 5.54 Å². The van der Waals surface area contributed by atoms with Gasteiger partial charge in [-0.05, 0) is 26.7 Å². The fourth-order valence-corrected chi connectivity index (χ4v) is 2.71. The number of rotatable bonds is 5. The molecule has 0 amide bonds. The van der Waals surface area contributed by atoms with Crippen molar-refractivity contribution in [2.45, 2.75) is 65.2 Å². The highest BCUT2D eigenvalue weighted by Crippen LogP contribution is 2.24. The van der Waals surface area contributed by atoms with E-state index in [1.165, 1.54) is 0 Å². The van der Waals surface area contributed by atoms with Gasteiger partial charge in [0.15, 0.2) is 0 Å². The average molecular weight is 265 g/mol. The molecule has 1 aliphatic rings. The lowest BCUT2D eigenvalue weighted by Crippen LogP contribution is -2.62. The van der Waals surface area contributed by atoms with Gasteiger partial charge in [0, 0.05) is 31.2 Å². The highest BCUT2D eigenvalue weighted by atomic mass is 15.4. The Balaban J connectivity index is 2.12. The summed E-state index contributed by atoms with van der Waals surface area (Å²) in [6.07, 6.45) is 3.92. The van der Waals surface area contributed by atoms with Crippen LogP contribution in [0.25, 0.3) is 0 Å². The van der Waals surface area contributed by atoms with Gasteiger partial charge in [0.1, 0.15) is 12.2 Å². The fraction of sp³-hybridized carbons (Fsp3) is 0.857. The molecule has 2 unspecified atom stereocenters. The summed E-state index contributed by atoms with van der Waals surface area (Å²) in [7, 11) is 0. The molecule has 1 aliphatic heterocycles. The molecule has 2 heterocycles. The summed E-state index contributed by atoms with van der Waals surface area (Å²) >= 11 is 0. The van der Waals surface area contributed by atoms with Crippen LogP contribution in [0.5, 0.6) is 0 Å². The minimum atomic E-state index is 0.218. The van der Waals surface area contributed by atoms with Crippen LogP contribution in [0.3, 0.4) is 0 Å². The summed E-state index contributed by atoms with van der Waals surface area (Å²) in [4.78, 5) is 7.00. The topological polar surface area (TPSA) is 46.0 Å². The molecular weight excluding hydrogens is 238 g/mol. The second kappa shape index (κ2) is 6.01. The molecule has 1 saturated heterocycles. The Morgan fingerprint density at radius 2 is 2.26 bits per heavy atom. The van der Waals surface area contributed by atoms with Gasteiger partial charge in [-0.15, -0.1) is 0 Å². The quantitative estimate of drug-likeness (QED) is 0.879. The van der Waals surface area contributed by atoms with Crippen LogP contribution < -0.4 is 5.32 Å². The van der Waals surface area contributed by atoms with Gasteiger partial charge in [-0.25, -0.2) is 9.67 Å². The number of nitrogens with one attached hydrogen (secondary N) is 1. The fourth-order valence-electron chi connectivity index (χ4n) is 2.71. The molecule has 1 fully saturated rings. The zero-order valence-corrected chi connectivity index (χ0v) is 12.7. The third-order valence-electron chi connectivity index (χ3n) is 4.31. The van der Waals surface area contributed by atoms with Crippen molar-refractivity contribution >= 4 is 0 Å². The van der Waals surface area contributed by atoms with Crippen LogP contribution in [0.1, 0.15) is 46.4 Å². The van der Waals surface area contributed by atoms with Crippen LogP contribution in [0.4, 0.5) is 0 Å². The first kappa shape index (κ1) is 14.5. The van der Waals surface area contributed by atoms with E-state index in [2.05, 4.69) is 48.0 Å². The number of nitrogens with zero attached hydrogens (tertiary/aromatic N) is 4. The van der Waals surface area contributed by atoms with Crippen LogP contribution in [0.2, 0.25) is 0 Å². The SMILES string of the molecule is CCCn1ncnc1CN1CC(C)NCC1(C)CC. The highest BCUT2D eigenvalue weighted by Gasteiger charge is 2.35. The first-order valence-electron chi connectivity index (χ1n) is 7.44. The molecule has 0 spiro atoms. The zero-order valence-electron chi connectivity index (χ0n) is 12.7. The van der Waals surface area contributed by atoms with E-state index in [1.807, 2.05) is 4.68 Å². The van der Waals surface area contributed by atoms with Crippen molar-refractivity contribution in [1.82, 2.24) is 25.0 Å². The third-order valence-corrected chi connectivity index (χ3v) is 4.31. The summed E-state index contributed by atoms with van der Waals surface area (Å²) in [5.41, 5.74) is 0.218. The summed E-state index contributed by atoms with van der Waals surface area (Å²) < 4.78 is 2.04. The minimum Gasteiger partial charge on any atom is -0.311 e. The number of hydrogen-bond donors (Lipinski definition) is 1. The summed E-state index contributed by atoms with van der Waals surface area (Å²) in [5.74, 6) is 1.09. The molecule has 2 atom stereocenters. The standard InChI is InChI=1S/C14H27N5/c1-5-7-19-13(16-11-17-19)9-18-8-12(3)15-10-14(18,4)6-2/h11-12,15H,5-10H2,1-4H3. The maximum Gasteiger partial charge on any atom is 0.141 e. The van der Waals surface area contributed by atoms with Crippen molar-refractivity contribution in [3.05, 3.63) is 12.2 Å². The Morgan fingerprint density at radius 1 is 1.47 bits per heavy atom. The lowest BCUT2D eigenvalue weighted by Gasteiger charge is -2.47. The molecule has 0 bridgehead atoms. The molecule has 0 saturated carbocycles. The van der Waals surface area contributed by atoms with E-state index in [4.69, 9.17) is 0 Å². The van der Waals surface area contributed by atoms with Gasteiger partial charge in [-0.3, -0.25) is 4.90 Å². The van der Waals surface area contributed by atoms with Gasteiger partial charge in [-0.2, -0.15) is 5.10 Å². The lowest BCUT2D eigenvalue weighted by atomic mass is 9.92. The van der Waals surface area contributed by atoms with E-state index in [9.17, 15) is 0 Å². The molecule has 1 N–H and O–H groups in total. The molecule has 1 aromatic heterocycles. The van der Waals surface area contributed by atoms with E-state index in [1.54, 1.807) is 6.33 Å². The molecular formula is C14H27N5. The predicted molar refractivity (Wildman–Crippen MR) is 76.9 cm³/mol. The maximum atomic E-state index is 4.44. The van der Waals surface area contributed by atoms with Crippen LogP contribution in [-0.2, 0) is 13.1 Å². The molecule has 2 rings (SSSR count). The van der Waals surface area contributed by atoms with Gasteiger partial charge in [0.2, 0.25) is 0 Å². The van der Waals surface area contributed by atoms with E-state index < -0.39 is 0 Å². The van der Waals surface area contributed by atoms with Crippen molar-refractivity contribution < 1.29 is 0 Å².